The minimum atomic E-state index is -4.48. The van der Waals surface area contributed by atoms with Gasteiger partial charge in [-0.3, -0.25) is 0 Å². The number of aryl methyl sites for hydroxylation is 1. The molecule has 2 aromatic heterocycles. The fourth-order valence-electron chi connectivity index (χ4n) is 4.70. The third-order valence-corrected chi connectivity index (χ3v) is 6.81. The molecule has 5 rings (SSSR count). The van der Waals surface area contributed by atoms with Gasteiger partial charge in [0.25, 0.3) is 0 Å². The molecule has 0 N–H and O–H groups in total. The predicted octanol–water partition coefficient (Wildman–Crippen LogP) is 4.72. The Morgan fingerprint density at radius 1 is 0.917 bits per heavy atom. The first-order chi connectivity index (χ1) is 17.2. The number of anilines is 3. The lowest BCUT2D eigenvalue weighted by Crippen LogP contribution is -2.48. The Morgan fingerprint density at radius 3 is 2.31 bits per heavy atom. The molecule has 1 unspecified atom stereocenters. The zero-order valence-corrected chi connectivity index (χ0v) is 20.1. The molecule has 36 heavy (non-hydrogen) atoms. The van der Waals surface area contributed by atoms with Crippen LogP contribution < -0.4 is 14.7 Å². The molecule has 0 radical (unpaired) electrons. The fraction of sp³-hybridized carbons (Fsp3) is 0.440. The van der Waals surface area contributed by atoms with Crippen molar-refractivity contribution >= 4 is 17.7 Å². The lowest BCUT2D eigenvalue weighted by Gasteiger charge is -2.36. The molecule has 11 heteroatoms. The molecule has 190 valence electrons. The first-order valence-electron chi connectivity index (χ1n) is 12.0. The predicted molar refractivity (Wildman–Crippen MR) is 130 cm³/mol. The Hall–Kier alpha value is -3.50. The summed E-state index contributed by atoms with van der Waals surface area (Å²) in [4.78, 5) is 23.8. The second-order valence-corrected chi connectivity index (χ2v) is 9.25. The summed E-state index contributed by atoms with van der Waals surface area (Å²) in [5, 5.41) is 0. The van der Waals surface area contributed by atoms with Gasteiger partial charge in [-0.15, -0.1) is 0 Å². The molecule has 3 aromatic rings. The van der Waals surface area contributed by atoms with Crippen LogP contribution in [-0.2, 0) is 6.18 Å². The summed E-state index contributed by atoms with van der Waals surface area (Å²) in [6.45, 7) is 6.11. The van der Waals surface area contributed by atoms with E-state index in [-0.39, 0.29) is 17.7 Å². The van der Waals surface area contributed by atoms with Crippen LogP contribution in [0.1, 0.15) is 30.9 Å². The van der Waals surface area contributed by atoms with Gasteiger partial charge in [0.15, 0.2) is 5.82 Å². The maximum Gasteiger partial charge on any atom is 0.419 e. The topological polar surface area (TPSA) is 61.3 Å². The van der Waals surface area contributed by atoms with Gasteiger partial charge in [0.2, 0.25) is 11.9 Å². The van der Waals surface area contributed by atoms with Crippen LogP contribution in [0.4, 0.5) is 35.3 Å². The summed E-state index contributed by atoms with van der Waals surface area (Å²) in [6, 6.07) is 7.51. The van der Waals surface area contributed by atoms with Crippen LogP contribution in [0.3, 0.4) is 0 Å². The van der Waals surface area contributed by atoms with Gasteiger partial charge in [-0.1, -0.05) is 12.1 Å². The summed E-state index contributed by atoms with van der Waals surface area (Å²) in [5.74, 6) is 0.941. The fourth-order valence-corrected chi connectivity index (χ4v) is 4.70. The molecule has 2 aliphatic heterocycles. The van der Waals surface area contributed by atoms with E-state index in [4.69, 9.17) is 4.98 Å². The van der Waals surface area contributed by atoms with Crippen molar-refractivity contribution in [3.8, 4) is 11.4 Å². The number of hydrogen-bond donors (Lipinski definition) is 0. The summed E-state index contributed by atoms with van der Waals surface area (Å²) >= 11 is 0. The van der Waals surface area contributed by atoms with E-state index in [9.17, 15) is 17.6 Å². The standard InChI is InChI=1S/C25H27F4N7/c1-16-7-8-18(15-20(16)26)21-31-23(33-24(32-21)36-10-4-5-17(36)2)35-13-11-34(12-14-35)22-19(25(27,28)29)6-3-9-30-22/h3,6-9,15,17H,4-5,10-14H2,1-2H3. The van der Waals surface area contributed by atoms with Gasteiger partial charge in [0.05, 0.1) is 5.56 Å². The third kappa shape index (κ3) is 4.78. The van der Waals surface area contributed by atoms with Crippen LogP contribution in [0.15, 0.2) is 36.5 Å². The van der Waals surface area contributed by atoms with Crippen molar-refractivity contribution in [3.63, 3.8) is 0 Å². The van der Waals surface area contributed by atoms with Gasteiger partial charge in [0.1, 0.15) is 11.6 Å². The highest BCUT2D eigenvalue weighted by molar-refractivity contribution is 5.60. The minimum absolute atomic E-state index is 0.0669. The number of benzene rings is 1. The van der Waals surface area contributed by atoms with E-state index in [2.05, 4.69) is 26.8 Å². The van der Waals surface area contributed by atoms with Crippen molar-refractivity contribution in [1.29, 1.82) is 0 Å². The van der Waals surface area contributed by atoms with Gasteiger partial charge < -0.3 is 14.7 Å². The first kappa shape index (κ1) is 24.2. The maximum atomic E-state index is 14.3. The molecule has 7 nitrogen and oxygen atoms in total. The molecule has 1 atom stereocenters. The number of rotatable bonds is 4. The molecule has 0 aliphatic carbocycles. The summed E-state index contributed by atoms with van der Waals surface area (Å²) in [6.07, 6.45) is -1.05. The molecule has 0 spiro atoms. The molecule has 0 saturated carbocycles. The van der Waals surface area contributed by atoms with Gasteiger partial charge in [-0.25, -0.2) is 9.37 Å². The van der Waals surface area contributed by atoms with E-state index in [0.29, 0.717) is 55.0 Å². The molecule has 0 bridgehead atoms. The summed E-state index contributed by atoms with van der Waals surface area (Å²) < 4.78 is 54.8. The van der Waals surface area contributed by atoms with E-state index in [1.807, 2.05) is 4.90 Å². The maximum absolute atomic E-state index is 14.3. The lowest BCUT2D eigenvalue weighted by atomic mass is 10.1. The Bertz CT molecular complexity index is 1240. The van der Waals surface area contributed by atoms with Crippen molar-refractivity contribution < 1.29 is 17.6 Å². The van der Waals surface area contributed by atoms with Crippen LogP contribution in [0.25, 0.3) is 11.4 Å². The number of nitrogens with zero attached hydrogens (tertiary/aromatic N) is 7. The molecule has 2 aliphatic rings. The van der Waals surface area contributed by atoms with Gasteiger partial charge >= 0.3 is 6.18 Å². The number of halogens is 4. The van der Waals surface area contributed by atoms with E-state index < -0.39 is 11.7 Å². The van der Waals surface area contributed by atoms with Crippen molar-refractivity contribution in [1.82, 2.24) is 19.9 Å². The average molecular weight is 502 g/mol. The smallest absolute Gasteiger partial charge is 0.353 e. The number of hydrogen-bond acceptors (Lipinski definition) is 7. The highest BCUT2D eigenvalue weighted by atomic mass is 19.4. The Labute approximate surface area is 206 Å². The Morgan fingerprint density at radius 2 is 1.64 bits per heavy atom. The van der Waals surface area contributed by atoms with Crippen molar-refractivity contribution in [2.75, 3.05) is 47.4 Å². The second kappa shape index (κ2) is 9.51. The highest BCUT2D eigenvalue weighted by Gasteiger charge is 2.36. The molecular weight excluding hydrogens is 474 g/mol. The van der Waals surface area contributed by atoms with Crippen LogP contribution in [0, 0.1) is 12.7 Å². The van der Waals surface area contributed by atoms with E-state index >= 15 is 0 Å². The monoisotopic (exact) mass is 501 g/mol. The Kier molecular flexibility index (Phi) is 6.40. The zero-order chi connectivity index (χ0) is 25.4. The quantitative estimate of drug-likeness (QED) is 0.480. The van der Waals surface area contributed by atoms with Crippen molar-refractivity contribution in [3.05, 3.63) is 53.5 Å². The summed E-state index contributed by atoms with van der Waals surface area (Å²) in [5.41, 5.74) is 0.342. The number of piperazine rings is 1. The van der Waals surface area contributed by atoms with E-state index in [1.54, 1.807) is 24.0 Å². The van der Waals surface area contributed by atoms with Crippen LogP contribution in [-0.4, -0.2) is 58.7 Å². The first-order valence-corrected chi connectivity index (χ1v) is 12.0. The van der Waals surface area contributed by atoms with E-state index in [1.165, 1.54) is 18.3 Å². The minimum Gasteiger partial charge on any atom is -0.353 e. The highest BCUT2D eigenvalue weighted by Crippen LogP contribution is 2.35. The van der Waals surface area contributed by atoms with Crippen LogP contribution >= 0.6 is 0 Å². The average Bonchev–Trinajstić information content (AvgIpc) is 3.31. The SMILES string of the molecule is Cc1ccc(-c2nc(N3CCN(c4ncccc4C(F)(F)F)CC3)nc(N3CCCC3C)n2)cc1F. The van der Waals surface area contributed by atoms with Gasteiger partial charge in [-0.05, 0) is 50.5 Å². The lowest BCUT2D eigenvalue weighted by molar-refractivity contribution is -0.137. The molecule has 2 fully saturated rings. The van der Waals surface area contributed by atoms with Gasteiger partial charge in [-0.2, -0.15) is 28.1 Å². The summed E-state index contributed by atoms with van der Waals surface area (Å²) in [7, 11) is 0. The van der Waals surface area contributed by atoms with Crippen LogP contribution in [0.2, 0.25) is 0 Å². The molecular formula is C25H27F4N7. The normalized spacial score (nSPS) is 18.7. The van der Waals surface area contributed by atoms with Gasteiger partial charge in [0, 0.05) is 50.5 Å². The largest absolute Gasteiger partial charge is 0.419 e. The third-order valence-electron chi connectivity index (χ3n) is 6.81. The van der Waals surface area contributed by atoms with Crippen molar-refractivity contribution in [2.45, 2.75) is 38.9 Å². The molecule has 4 heterocycles. The number of aromatic nitrogens is 4. The molecule has 1 aromatic carbocycles. The van der Waals surface area contributed by atoms with Crippen molar-refractivity contribution in [2.24, 2.45) is 0 Å². The Balaban J connectivity index is 1.44. The number of pyridine rings is 1. The number of alkyl halides is 3. The molecule has 0 amide bonds. The molecule has 2 saturated heterocycles. The second-order valence-electron chi connectivity index (χ2n) is 9.25. The van der Waals surface area contributed by atoms with E-state index in [0.717, 1.165) is 25.5 Å². The van der Waals surface area contributed by atoms with Crippen LogP contribution in [0.5, 0.6) is 0 Å². The zero-order valence-electron chi connectivity index (χ0n) is 20.1.